The van der Waals surface area contributed by atoms with E-state index in [9.17, 15) is 8.42 Å². The van der Waals surface area contributed by atoms with E-state index in [1.807, 2.05) is 0 Å². The second-order valence-corrected chi connectivity index (χ2v) is 5.66. The van der Waals surface area contributed by atoms with Gasteiger partial charge in [0.25, 0.3) is 0 Å². The molecule has 0 radical (unpaired) electrons. The molecule has 0 fully saturated rings. The molecule has 0 aliphatic carbocycles. The first-order valence-corrected chi connectivity index (χ1v) is 7.11. The van der Waals surface area contributed by atoms with E-state index in [0.717, 1.165) is 5.69 Å². The van der Waals surface area contributed by atoms with Crippen LogP contribution < -0.4 is 10.0 Å². The van der Waals surface area contributed by atoms with Crippen LogP contribution in [0.15, 0.2) is 35.5 Å². The Balaban J connectivity index is 2.16. The lowest BCUT2D eigenvalue weighted by atomic mass is 10.4. The maximum atomic E-state index is 12.1. The number of aryl methyl sites for hydroxylation is 1. The van der Waals surface area contributed by atoms with Crippen molar-refractivity contribution in [2.24, 2.45) is 7.05 Å². The highest BCUT2D eigenvalue weighted by Crippen LogP contribution is 2.12. The van der Waals surface area contributed by atoms with E-state index in [0.29, 0.717) is 5.82 Å². The van der Waals surface area contributed by atoms with Gasteiger partial charge in [-0.25, -0.2) is 18.1 Å². The number of hydrogen-bond donors (Lipinski definition) is 2. The molecule has 2 N–H and O–H groups in total. The van der Waals surface area contributed by atoms with Gasteiger partial charge in [-0.2, -0.15) is 5.10 Å². The largest absolute Gasteiger partial charge is 0.373 e. The number of hydrogen-bond acceptors (Lipinski definition) is 5. The molecule has 8 heteroatoms. The Bertz CT molecular complexity index is 665. The van der Waals surface area contributed by atoms with Gasteiger partial charge in [-0.1, -0.05) is 0 Å². The zero-order chi connectivity index (χ0) is 13.9. The Morgan fingerprint density at radius 1 is 1.32 bits per heavy atom. The van der Waals surface area contributed by atoms with Crippen molar-refractivity contribution in [1.82, 2.24) is 19.5 Å². The monoisotopic (exact) mass is 281 g/mol. The third-order valence-corrected chi connectivity index (χ3v) is 4.06. The number of rotatable bonds is 5. The maximum Gasteiger partial charge on any atom is 0.241 e. The Kier molecular flexibility index (Phi) is 3.82. The van der Waals surface area contributed by atoms with Crippen LogP contribution in [0.2, 0.25) is 0 Å². The second-order valence-electron chi connectivity index (χ2n) is 3.90. The van der Waals surface area contributed by atoms with Gasteiger partial charge in [0.15, 0.2) is 0 Å². The van der Waals surface area contributed by atoms with Crippen molar-refractivity contribution in [3.8, 4) is 0 Å². The van der Waals surface area contributed by atoms with Crippen LogP contribution in [-0.4, -0.2) is 30.2 Å². The molecule has 0 saturated carbocycles. The molecule has 2 aromatic rings. The predicted octanol–water partition coefficient (Wildman–Crippen LogP) is 0.335. The molecule has 7 nitrogen and oxygen atoms in total. The van der Waals surface area contributed by atoms with Crippen molar-refractivity contribution in [3.63, 3.8) is 0 Å². The lowest BCUT2D eigenvalue weighted by Crippen LogP contribution is -2.24. The van der Waals surface area contributed by atoms with E-state index < -0.39 is 10.0 Å². The predicted molar refractivity (Wildman–Crippen MR) is 71.0 cm³/mol. The van der Waals surface area contributed by atoms with Crippen molar-refractivity contribution in [2.75, 3.05) is 12.4 Å². The molecule has 0 atom stereocenters. The highest BCUT2D eigenvalue weighted by molar-refractivity contribution is 7.89. The summed E-state index contributed by atoms with van der Waals surface area (Å²) in [4.78, 5) is 4.15. The van der Waals surface area contributed by atoms with Gasteiger partial charge < -0.3 is 5.32 Å². The average Bonchev–Trinajstić information content (AvgIpc) is 2.82. The minimum absolute atomic E-state index is 0.175. The normalized spacial score (nSPS) is 11.5. The first-order chi connectivity index (χ1) is 9.03. The quantitative estimate of drug-likeness (QED) is 0.824. The van der Waals surface area contributed by atoms with Crippen molar-refractivity contribution in [2.45, 2.75) is 11.4 Å². The van der Waals surface area contributed by atoms with E-state index in [1.165, 1.54) is 18.3 Å². The number of nitrogens with zero attached hydrogens (tertiary/aromatic N) is 3. The van der Waals surface area contributed by atoms with Crippen LogP contribution in [0.1, 0.15) is 5.69 Å². The van der Waals surface area contributed by atoms with Gasteiger partial charge in [-0.3, -0.25) is 4.68 Å². The van der Waals surface area contributed by atoms with Crippen molar-refractivity contribution in [1.29, 1.82) is 0 Å². The summed E-state index contributed by atoms with van der Waals surface area (Å²) in [5, 5.41) is 6.78. The molecule has 102 valence electrons. The van der Waals surface area contributed by atoms with Gasteiger partial charge in [0.05, 0.1) is 17.1 Å². The van der Waals surface area contributed by atoms with Crippen LogP contribution in [0.5, 0.6) is 0 Å². The Morgan fingerprint density at radius 2 is 2.11 bits per heavy atom. The van der Waals surface area contributed by atoms with Crippen LogP contribution in [0.3, 0.4) is 0 Å². The van der Waals surface area contributed by atoms with E-state index in [4.69, 9.17) is 0 Å². The molecule has 0 bridgehead atoms. The zero-order valence-electron chi connectivity index (χ0n) is 10.7. The fourth-order valence-electron chi connectivity index (χ4n) is 1.54. The van der Waals surface area contributed by atoms with Crippen LogP contribution >= 0.6 is 0 Å². The van der Waals surface area contributed by atoms with Crippen LogP contribution in [0, 0.1) is 0 Å². The summed E-state index contributed by atoms with van der Waals surface area (Å²) in [7, 11) is -0.115. The molecule has 0 amide bonds. The number of anilines is 1. The molecule has 0 aliphatic heterocycles. The number of aromatic nitrogens is 3. The summed E-state index contributed by atoms with van der Waals surface area (Å²) in [6.45, 7) is 0.191. The third-order valence-electron chi connectivity index (χ3n) is 2.66. The fraction of sp³-hybridized carbons (Fsp3) is 0.273. The first-order valence-electron chi connectivity index (χ1n) is 5.63. The van der Waals surface area contributed by atoms with Gasteiger partial charge in [-0.05, 0) is 12.1 Å². The lowest BCUT2D eigenvalue weighted by molar-refractivity contribution is 0.577. The molecular formula is C11H15N5O2S. The van der Waals surface area contributed by atoms with Gasteiger partial charge in [0, 0.05) is 32.6 Å². The number of pyridine rings is 1. The highest BCUT2D eigenvalue weighted by Gasteiger charge is 2.15. The molecule has 0 saturated heterocycles. The summed E-state index contributed by atoms with van der Waals surface area (Å²) < 4.78 is 28.4. The third kappa shape index (κ3) is 3.09. The van der Waals surface area contributed by atoms with Crippen LogP contribution in [-0.2, 0) is 23.6 Å². The van der Waals surface area contributed by atoms with Crippen molar-refractivity contribution in [3.05, 3.63) is 36.3 Å². The maximum absolute atomic E-state index is 12.1. The Labute approximate surface area is 111 Å². The summed E-state index contributed by atoms with van der Waals surface area (Å²) in [6, 6.07) is 4.69. The summed E-state index contributed by atoms with van der Waals surface area (Å²) in [6.07, 6.45) is 3.07. The van der Waals surface area contributed by atoms with Crippen LogP contribution in [0.25, 0.3) is 0 Å². The molecule has 2 rings (SSSR count). The molecular weight excluding hydrogens is 266 g/mol. The van der Waals surface area contributed by atoms with Crippen molar-refractivity contribution < 1.29 is 8.42 Å². The van der Waals surface area contributed by atoms with Crippen molar-refractivity contribution >= 4 is 15.8 Å². The Morgan fingerprint density at radius 3 is 2.74 bits per heavy atom. The zero-order valence-corrected chi connectivity index (χ0v) is 11.5. The molecule has 0 aromatic carbocycles. The standard InChI is InChI=1S/C11H15N5O2S/c1-12-11-7-10(4-5-13-11)19(17,18)15-8-9-3-6-14-16(9)2/h3-7,15H,8H2,1-2H3,(H,12,13). The summed E-state index contributed by atoms with van der Waals surface area (Å²) in [5.41, 5.74) is 0.784. The van der Waals surface area contributed by atoms with E-state index in [2.05, 4.69) is 20.1 Å². The molecule has 0 aliphatic rings. The van der Waals surface area contributed by atoms with Gasteiger partial charge in [0.1, 0.15) is 5.82 Å². The topological polar surface area (TPSA) is 88.9 Å². The number of sulfonamides is 1. The second kappa shape index (κ2) is 5.37. The molecule has 0 unspecified atom stereocenters. The fourth-order valence-corrected chi connectivity index (χ4v) is 2.55. The summed E-state index contributed by atoms with van der Waals surface area (Å²) >= 11 is 0. The molecule has 2 heterocycles. The molecule has 19 heavy (non-hydrogen) atoms. The van der Waals surface area contributed by atoms with Gasteiger partial charge in [0.2, 0.25) is 10.0 Å². The first kappa shape index (κ1) is 13.5. The van der Waals surface area contributed by atoms with E-state index in [-0.39, 0.29) is 11.4 Å². The van der Waals surface area contributed by atoms with Crippen LogP contribution in [0.4, 0.5) is 5.82 Å². The average molecular weight is 281 g/mol. The minimum atomic E-state index is -3.56. The van der Waals surface area contributed by atoms with Gasteiger partial charge in [-0.15, -0.1) is 0 Å². The van der Waals surface area contributed by atoms with E-state index >= 15 is 0 Å². The highest BCUT2D eigenvalue weighted by atomic mass is 32.2. The minimum Gasteiger partial charge on any atom is -0.373 e. The molecule has 0 spiro atoms. The Hall–Kier alpha value is -1.93. The van der Waals surface area contributed by atoms with Gasteiger partial charge >= 0.3 is 0 Å². The van der Waals surface area contributed by atoms with E-state index in [1.54, 1.807) is 31.0 Å². The lowest BCUT2D eigenvalue weighted by Gasteiger charge is -2.08. The molecule has 2 aromatic heterocycles. The number of nitrogens with one attached hydrogen (secondary N) is 2. The smallest absolute Gasteiger partial charge is 0.241 e. The SMILES string of the molecule is CNc1cc(S(=O)(=O)NCc2ccnn2C)ccn1. The summed E-state index contributed by atoms with van der Waals surface area (Å²) in [5.74, 6) is 0.503.